The molecule has 102 valence electrons. The van der Waals surface area contributed by atoms with E-state index in [1.165, 1.54) is 7.05 Å². The standard InChI is InChI=1S/C12H15N3O3S/c1-13-19(17,18)7-6-14-11-8-9-4-2-3-5-10(9)12(16)15-11/h2-5,8,13H,6-7H2,1H3,(H2,14,15,16). The molecule has 0 fully saturated rings. The zero-order valence-corrected chi connectivity index (χ0v) is 11.3. The van der Waals surface area contributed by atoms with Crippen LogP contribution in [-0.4, -0.2) is 32.7 Å². The number of anilines is 1. The summed E-state index contributed by atoms with van der Waals surface area (Å²) in [4.78, 5) is 14.5. The molecule has 1 aromatic heterocycles. The Morgan fingerprint density at radius 2 is 2.00 bits per heavy atom. The molecule has 1 heterocycles. The van der Waals surface area contributed by atoms with Gasteiger partial charge in [-0.3, -0.25) is 4.79 Å². The zero-order chi connectivity index (χ0) is 13.9. The highest BCUT2D eigenvalue weighted by atomic mass is 32.2. The molecule has 0 radical (unpaired) electrons. The summed E-state index contributed by atoms with van der Waals surface area (Å²) in [5.41, 5.74) is -0.197. The van der Waals surface area contributed by atoms with E-state index < -0.39 is 10.0 Å². The maximum atomic E-state index is 11.8. The second-order valence-corrected chi connectivity index (χ2v) is 6.10. The molecule has 3 N–H and O–H groups in total. The van der Waals surface area contributed by atoms with E-state index in [0.29, 0.717) is 11.2 Å². The van der Waals surface area contributed by atoms with Crippen molar-refractivity contribution < 1.29 is 8.42 Å². The van der Waals surface area contributed by atoms with Gasteiger partial charge in [-0.2, -0.15) is 0 Å². The first-order chi connectivity index (χ1) is 9.02. The quantitative estimate of drug-likeness (QED) is 0.744. The van der Waals surface area contributed by atoms with Gasteiger partial charge in [0.1, 0.15) is 5.82 Å². The molecule has 2 aromatic rings. The number of benzene rings is 1. The van der Waals surface area contributed by atoms with E-state index in [1.54, 1.807) is 18.2 Å². The van der Waals surface area contributed by atoms with Gasteiger partial charge in [0.05, 0.1) is 5.75 Å². The van der Waals surface area contributed by atoms with Crippen LogP contribution < -0.4 is 15.6 Å². The Balaban J connectivity index is 2.16. The van der Waals surface area contributed by atoms with E-state index in [1.807, 2.05) is 12.1 Å². The Hall–Kier alpha value is -1.86. The van der Waals surface area contributed by atoms with Gasteiger partial charge in [0.2, 0.25) is 10.0 Å². The van der Waals surface area contributed by atoms with E-state index >= 15 is 0 Å². The molecule has 0 bridgehead atoms. The average Bonchev–Trinajstić information content (AvgIpc) is 2.39. The average molecular weight is 281 g/mol. The fraction of sp³-hybridized carbons (Fsp3) is 0.250. The first-order valence-corrected chi connectivity index (χ1v) is 7.44. The number of H-pyrrole nitrogens is 1. The molecule has 0 aliphatic carbocycles. The Bertz CT molecular complexity index is 737. The summed E-state index contributed by atoms with van der Waals surface area (Å²) in [6.07, 6.45) is 0. The number of sulfonamides is 1. The number of hydrogen-bond donors (Lipinski definition) is 3. The molecule has 2 rings (SSSR count). The molecule has 0 spiro atoms. The molecule has 7 heteroatoms. The topological polar surface area (TPSA) is 91.1 Å². The molecule has 0 saturated carbocycles. The van der Waals surface area contributed by atoms with Crippen molar-refractivity contribution in [2.45, 2.75) is 0 Å². The van der Waals surface area contributed by atoms with Crippen LogP contribution in [0.2, 0.25) is 0 Å². The molecule has 0 saturated heterocycles. The van der Waals surface area contributed by atoms with E-state index in [2.05, 4.69) is 15.0 Å². The van der Waals surface area contributed by atoms with Crippen molar-refractivity contribution in [2.75, 3.05) is 24.7 Å². The number of aromatic nitrogens is 1. The van der Waals surface area contributed by atoms with Gasteiger partial charge >= 0.3 is 0 Å². The highest BCUT2D eigenvalue weighted by Crippen LogP contribution is 2.12. The largest absolute Gasteiger partial charge is 0.370 e. The third kappa shape index (κ3) is 3.33. The second-order valence-electron chi connectivity index (χ2n) is 4.05. The molecule has 19 heavy (non-hydrogen) atoms. The fourth-order valence-corrected chi connectivity index (χ4v) is 2.30. The summed E-state index contributed by atoms with van der Waals surface area (Å²) in [7, 11) is -1.88. The molecule has 0 unspecified atom stereocenters. The van der Waals surface area contributed by atoms with Crippen LogP contribution >= 0.6 is 0 Å². The Morgan fingerprint density at radius 3 is 2.74 bits per heavy atom. The third-order valence-electron chi connectivity index (χ3n) is 2.75. The first kappa shape index (κ1) is 13.6. The van der Waals surface area contributed by atoms with Crippen LogP contribution in [0.1, 0.15) is 0 Å². The number of aromatic amines is 1. The highest BCUT2D eigenvalue weighted by molar-refractivity contribution is 7.89. The lowest BCUT2D eigenvalue weighted by Gasteiger charge is -2.07. The second kappa shape index (κ2) is 5.41. The summed E-state index contributed by atoms with van der Waals surface area (Å²) in [5.74, 6) is 0.452. The van der Waals surface area contributed by atoms with Crippen LogP contribution in [0.5, 0.6) is 0 Å². The van der Waals surface area contributed by atoms with Crippen molar-refractivity contribution in [1.29, 1.82) is 0 Å². The SMILES string of the molecule is CNS(=O)(=O)CCNc1cc2ccccc2c(=O)[nH]1. The summed E-state index contributed by atoms with van der Waals surface area (Å²) in [5, 5.41) is 4.31. The third-order valence-corrected chi connectivity index (χ3v) is 4.11. The van der Waals surface area contributed by atoms with Crippen molar-refractivity contribution in [2.24, 2.45) is 0 Å². The van der Waals surface area contributed by atoms with E-state index in [9.17, 15) is 13.2 Å². The minimum atomic E-state index is -3.25. The summed E-state index contributed by atoms with van der Waals surface area (Å²) in [6.45, 7) is 0.220. The van der Waals surface area contributed by atoms with Crippen LogP contribution in [0, 0.1) is 0 Å². The number of pyridine rings is 1. The van der Waals surface area contributed by atoms with Gasteiger partial charge in [-0.15, -0.1) is 0 Å². The van der Waals surface area contributed by atoms with Gasteiger partial charge in [0.25, 0.3) is 5.56 Å². The zero-order valence-electron chi connectivity index (χ0n) is 10.4. The van der Waals surface area contributed by atoms with Gasteiger partial charge in [-0.05, 0) is 24.6 Å². The first-order valence-electron chi connectivity index (χ1n) is 5.79. The maximum absolute atomic E-state index is 11.8. The Kier molecular flexibility index (Phi) is 3.87. The smallest absolute Gasteiger partial charge is 0.257 e. The van der Waals surface area contributed by atoms with Crippen LogP contribution in [0.15, 0.2) is 35.1 Å². The van der Waals surface area contributed by atoms with Crippen molar-refractivity contribution in [3.8, 4) is 0 Å². The summed E-state index contributed by atoms with van der Waals surface area (Å²) in [6, 6.07) is 8.99. The van der Waals surface area contributed by atoms with E-state index in [4.69, 9.17) is 0 Å². The van der Waals surface area contributed by atoms with Crippen molar-refractivity contribution in [3.05, 3.63) is 40.7 Å². The van der Waals surface area contributed by atoms with Gasteiger partial charge < -0.3 is 10.3 Å². The number of rotatable bonds is 5. The summed E-state index contributed by atoms with van der Waals surface area (Å²) >= 11 is 0. The molecule has 0 atom stereocenters. The van der Waals surface area contributed by atoms with E-state index in [0.717, 1.165) is 5.39 Å². The highest BCUT2D eigenvalue weighted by Gasteiger charge is 2.06. The molecule has 1 aromatic carbocycles. The minimum absolute atomic E-state index is 0.0572. The predicted molar refractivity (Wildman–Crippen MR) is 75.9 cm³/mol. The molecular weight excluding hydrogens is 266 g/mol. The lowest BCUT2D eigenvalue weighted by atomic mass is 10.2. The fourth-order valence-electron chi connectivity index (χ4n) is 1.73. The van der Waals surface area contributed by atoms with Gasteiger partial charge in [0.15, 0.2) is 0 Å². The molecule has 6 nitrogen and oxygen atoms in total. The molecular formula is C12H15N3O3S. The van der Waals surface area contributed by atoms with Gasteiger partial charge in [-0.25, -0.2) is 13.1 Å². The molecule has 0 aliphatic rings. The van der Waals surface area contributed by atoms with Crippen LogP contribution in [-0.2, 0) is 10.0 Å². The van der Waals surface area contributed by atoms with Gasteiger partial charge in [-0.1, -0.05) is 18.2 Å². The van der Waals surface area contributed by atoms with E-state index in [-0.39, 0.29) is 17.9 Å². The maximum Gasteiger partial charge on any atom is 0.257 e. The Morgan fingerprint density at radius 1 is 1.26 bits per heavy atom. The van der Waals surface area contributed by atoms with Crippen molar-refractivity contribution >= 4 is 26.6 Å². The van der Waals surface area contributed by atoms with Crippen LogP contribution in [0.4, 0.5) is 5.82 Å². The van der Waals surface area contributed by atoms with Crippen LogP contribution in [0.3, 0.4) is 0 Å². The molecule has 0 amide bonds. The monoisotopic (exact) mass is 281 g/mol. The van der Waals surface area contributed by atoms with Gasteiger partial charge in [0, 0.05) is 11.9 Å². The Labute approximate surface area is 110 Å². The number of fused-ring (bicyclic) bond motifs is 1. The predicted octanol–water partition coefficient (Wildman–Crippen LogP) is 0.489. The molecule has 0 aliphatic heterocycles. The lowest BCUT2D eigenvalue weighted by Crippen LogP contribution is -2.26. The normalized spacial score (nSPS) is 11.6. The lowest BCUT2D eigenvalue weighted by molar-refractivity contribution is 0.588. The minimum Gasteiger partial charge on any atom is -0.370 e. The van der Waals surface area contributed by atoms with Crippen molar-refractivity contribution in [3.63, 3.8) is 0 Å². The summed E-state index contributed by atoms with van der Waals surface area (Å²) < 4.78 is 24.7. The number of hydrogen-bond acceptors (Lipinski definition) is 4. The van der Waals surface area contributed by atoms with Crippen molar-refractivity contribution in [1.82, 2.24) is 9.71 Å². The van der Waals surface area contributed by atoms with Crippen LogP contribution in [0.25, 0.3) is 10.8 Å². The number of nitrogens with one attached hydrogen (secondary N) is 3.